The fourth-order valence-corrected chi connectivity index (χ4v) is 2.85. The van der Waals surface area contributed by atoms with Crippen LogP contribution in [-0.4, -0.2) is 37.0 Å². The molecule has 0 aliphatic carbocycles. The number of nitrogens with zero attached hydrogens (tertiary/aromatic N) is 1. The number of para-hydroxylation sites is 2. The molecule has 0 saturated carbocycles. The summed E-state index contributed by atoms with van der Waals surface area (Å²) in [4.78, 5) is 38.5. The van der Waals surface area contributed by atoms with Gasteiger partial charge in [-0.3, -0.25) is 14.5 Å². The SMILES string of the molecule is CCOC(=O)C1Oc2ccccc2N(CC(=O)Nc2cccc(Cl)c2)C1=O. The number of carbonyl (C=O) groups is 3. The normalized spacial score (nSPS) is 15.6. The molecule has 1 atom stereocenters. The maximum Gasteiger partial charge on any atom is 0.357 e. The number of amides is 2. The van der Waals surface area contributed by atoms with E-state index in [-0.39, 0.29) is 13.2 Å². The minimum absolute atomic E-state index is 0.114. The molecule has 2 aromatic carbocycles. The lowest BCUT2D eigenvalue weighted by atomic mass is 10.1. The van der Waals surface area contributed by atoms with Crippen LogP contribution < -0.4 is 15.0 Å². The van der Waals surface area contributed by atoms with Crippen LogP contribution in [0.5, 0.6) is 5.75 Å². The summed E-state index contributed by atoms with van der Waals surface area (Å²) in [5.74, 6) is -1.57. The molecule has 0 radical (unpaired) electrons. The Kier molecular flexibility index (Phi) is 5.61. The molecule has 2 amide bonds. The molecule has 1 aliphatic rings. The van der Waals surface area contributed by atoms with Crippen molar-refractivity contribution in [2.45, 2.75) is 13.0 Å². The summed E-state index contributed by atoms with van der Waals surface area (Å²) >= 11 is 5.91. The van der Waals surface area contributed by atoms with E-state index in [1.807, 2.05) is 0 Å². The van der Waals surface area contributed by atoms with Gasteiger partial charge in [-0.15, -0.1) is 0 Å². The molecule has 0 fully saturated rings. The van der Waals surface area contributed by atoms with Crippen LogP contribution in [0.4, 0.5) is 11.4 Å². The Morgan fingerprint density at radius 2 is 2.00 bits per heavy atom. The molecule has 27 heavy (non-hydrogen) atoms. The standard InChI is InChI=1S/C19H17ClN2O5/c1-2-26-19(25)17-18(24)22(14-8-3-4-9-15(14)27-17)11-16(23)21-13-7-5-6-12(20)10-13/h3-10,17H,2,11H2,1H3,(H,21,23). The number of rotatable bonds is 5. The third-order valence-electron chi connectivity index (χ3n) is 3.80. The van der Waals surface area contributed by atoms with Crippen LogP contribution in [0.3, 0.4) is 0 Å². The summed E-state index contributed by atoms with van der Waals surface area (Å²) in [6, 6.07) is 13.3. The third-order valence-corrected chi connectivity index (χ3v) is 4.04. The highest BCUT2D eigenvalue weighted by Gasteiger charge is 2.40. The van der Waals surface area contributed by atoms with Crippen molar-refractivity contribution in [1.82, 2.24) is 0 Å². The minimum atomic E-state index is -1.45. The number of halogens is 1. The Hall–Kier alpha value is -3.06. The Labute approximate surface area is 160 Å². The molecule has 0 spiro atoms. The predicted molar refractivity (Wildman–Crippen MR) is 99.9 cm³/mol. The zero-order valence-corrected chi connectivity index (χ0v) is 15.2. The van der Waals surface area contributed by atoms with Gasteiger partial charge in [-0.2, -0.15) is 0 Å². The van der Waals surface area contributed by atoms with Crippen molar-refractivity contribution < 1.29 is 23.9 Å². The Balaban J connectivity index is 1.82. The van der Waals surface area contributed by atoms with Gasteiger partial charge in [0.1, 0.15) is 12.3 Å². The zero-order valence-electron chi connectivity index (χ0n) is 14.5. The van der Waals surface area contributed by atoms with Crippen molar-refractivity contribution in [1.29, 1.82) is 0 Å². The van der Waals surface area contributed by atoms with Crippen molar-refractivity contribution >= 4 is 40.8 Å². The van der Waals surface area contributed by atoms with Gasteiger partial charge in [-0.25, -0.2) is 4.79 Å². The first kappa shape index (κ1) is 18.7. The largest absolute Gasteiger partial charge is 0.466 e. The van der Waals surface area contributed by atoms with Gasteiger partial charge >= 0.3 is 5.97 Å². The maximum atomic E-state index is 12.7. The summed E-state index contributed by atoms with van der Waals surface area (Å²) in [7, 11) is 0. The molecule has 8 heteroatoms. The van der Waals surface area contributed by atoms with Crippen molar-refractivity contribution in [3.05, 3.63) is 53.6 Å². The van der Waals surface area contributed by atoms with E-state index in [2.05, 4.69) is 5.32 Å². The van der Waals surface area contributed by atoms with E-state index in [4.69, 9.17) is 21.1 Å². The van der Waals surface area contributed by atoms with Crippen LogP contribution in [-0.2, 0) is 19.1 Å². The Morgan fingerprint density at radius 1 is 1.22 bits per heavy atom. The average molecular weight is 389 g/mol. The number of carbonyl (C=O) groups excluding carboxylic acids is 3. The summed E-state index contributed by atoms with van der Waals surface area (Å²) in [5.41, 5.74) is 0.910. The minimum Gasteiger partial charge on any atom is -0.466 e. The van der Waals surface area contributed by atoms with Gasteiger partial charge in [0.25, 0.3) is 12.0 Å². The monoisotopic (exact) mass is 388 g/mol. The van der Waals surface area contributed by atoms with Gasteiger partial charge in [0.2, 0.25) is 5.91 Å². The van der Waals surface area contributed by atoms with Crippen molar-refractivity contribution in [2.24, 2.45) is 0 Å². The number of ether oxygens (including phenoxy) is 2. The van der Waals surface area contributed by atoms with Gasteiger partial charge < -0.3 is 14.8 Å². The lowest BCUT2D eigenvalue weighted by Gasteiger charge is -2.32. The number of nitrogens with one attached hydrogen (secondary N) is 1. The fraction of sp³-hybridized carbons (Fsp3) is 0.211. The molecular formula is C19H17ClN2O5. The van der Waals surface area contributed by atoms with Crippen LogP contribution in [0.25, 0.3) is 0 Å². The van der Waals surface area contributed by atoms with Gasteiger partial charge in [-0.1, -0.05) is 29.8 Å². The smallest absolute Gasteiger partial charge is 0.357 e. The highest BCUT2D eigenvalue weighted by molar-refractivity contribution is 6.30. The highest BCUT2D eigenvalue weighted by Crippen LogP contribution is 2.34. The molecule has 1 unspecified atom stereocenters. The maximum absolute atomic E-state index is 12.7. The van der Waals surface area contributed by atoms with E-state index < -0.39 is 23.9 Å². The second-order valence-electron chi connectivity index (χ2n) is 5.70. The molecule has 1 N–H and O–H groups in total. The predicted octanol–water partition coefficient (Wildman–Crippen LogP) is 2.64. The molecule has 7 nitrogen and oxygen atoms in total. The molecule has 1 aliphatic heterocycles. The molecule has 2 aromatic rings. The van der Waals surface area contributed by atoms with Crippen LogP contribution in [0, 0.1) is 0 Å². The molecule has 0 saturated heterocycles. The van der Waals surface area contributed by atoms with Gasteiger partial charge in [0.05, 0.1) is 12.3 Å². The fourth-order valence-electron chi connectivity index (χ4n) is 2.66. The molecule has 0 aromatic heterocycles. The van der Waals surface area contributed by atoms with Gasteiger partial charge in [0, 0.05) is 10.7 Å². The first-order valence-corrected chi connectivity index (χ1v) is 8.66. The van der Waals surface area contributed by atoms with E-state index in [1.54, 1.807) is 55.5 Å². The van der Waals surface area contributed by atoms with Crippen LogP contribution >= 0.6 is 11.6 Å². The lowest BCUT2D eigenvalue weighted by molar-refractivity contribution is -0.156. The highest BCUT2D eigenvalue weighted by atomic mass is 35.5. The Bertz CT molecular complexity index is 886. The van der Waals surface area contributed by atoms with Crippen LogP contribution in [0.2, 0.25) is 5.02 Å². The number of esters is 1. The topological polar surface area (TPSA) is 84.9 Å². The van der Waals surface area contributed by atoms with Crippen molar-refractivity contribution in [2.75, 3.05) is 23.4 Å². The number of benzene rings is 2. The molecule has 3 rings (SSSR count). The molecular weight excluding hydrogens is 372 g/mol. The number of hydrogen-bond acceptors (Lipinski definition) is 5. The van der Waals surface area contributed by atoms with E-state index >= 15 is 0 Å². The van der Waals surface area contributed by atoms with E-state index in [1.165, 1.54) is 4.90 Å². The average Bonchev–Trinajstić information content (AvgIpc) is 2.64. The van der Waals surface area contributed by atoms with E-state index in [0.717, 1.165) is 0 Å². The van der Waals surface area contributed by atoms with Crippen LogP contribution in [0.15, 0.2) is 48.5 Å². The number of hydrogen-bond donors (Lipinski definition) is 1. The molecule has 140 valence electrons. The number of fused-ring (bicyclic) bond motifs is 1. The summed E-state index contributed by atoms with van der Waals surface area (Å²) in [5, 5.41) is 3.15. The zero-order chi connectivity index (χ0) is 19.4. The third kappa shape index (κ3) is 4.20. The molecule has 0 bridgehead atoms. The van der Waals surface area contributed by atoms with Gasteiger partial charge in [-0.05, 0) is 37.3 Å². The summed E-state index contributed by atoms with van der Waals surface area (Å²) in [6.45, 7) is 1.46. The second kappa shape index (κ2) is 8.09. The Morgan fingerprint density at radius 3 is 2.74 bits per heavy atom. The van der Waals surface area contributed by atoms with Crippen molar-refractivity contribution in [3.63, 3.8) is 0 Å². The lowest BCUT2D eigenvalue weighted by Crippen LogP contribution is -2.52. The van der Waals surface area contributed by atoms with Crippen molar-refractivity contribution in [3.8, 4) is 5.75 Å². The first-order chi connectivity index (χ1) is 13.0. The molecule has 1 heterocycles. The quantitative estimate of drug-likeness (QED) is 0.628. The van der Waals surface area contributed by atoms with E-state index in [0.29, 0.717) is 22.1 Å². The second-order valence-corrected chi connectivity index (χ2v) is 6.14. The van der Waals surface area contributed by atoms with Crippen LogP contribution in [0.1, 0.15) is 6.92 Å². The summed E-state index contributed by atoms with van der Waals surface area (Å²) < 4.78 is 10.4. The first-order valence-electron chi connectivity index (χ1n) is 8.28. The number of anilines is 2. The van der Waals surface area contributed by atoms with E-state index in [9.17, 15) is 14.4 Å². The van der Waals surface area contributed by atoms with Gasteiger partial charge in [0.15, 0.2) is 0 Å². The summed E-state index contributed by atoms with van der Waals surface area (Å²) in [6.07, 6.45) is -1.45.